The van der Waals surface area contributed by atoms with Gasteiger partial charge in [0, 0.05) is 6.42 Å². The molecule has 0 aliphatic carbocycles. The van der Waals surface area contributed by atoms with Crippen LogP contribution in [-0.2, 0) is 4.79 Å². The molecule has 76 valence electrons. The van der Waals surface area contributed by atoms with Gasteiger partial charge in [-0.15, -0.1) is 6.58 Å². The van der Waals surface area contributed by atoms with Crippen molar-refractivity contribution < 1.29 is 4.79 Å². The van der Waals surface area contributed by atoms with Gasteiger partial charge in [-0.05, 0) is 11.8 Å². The summed E-state index contributed by atoms with van der Waals surface area (Å²) >= 11 is 0. The molecule has 0 fully saturated rings. The van der Waals surface area contributed by atoms with Gasteiger partial charge in [-0.25, -0.2) is 0 Å². The summed E-state index contributed by atoms with van der Waals surface area (Å²) in [5.74, 6) is 5.32. The summed E-state index contributed by atoms with van der Waals surface area (Å²) in [5, 5.41) is 0. The maximum atomic E-state index is 11.7. The number of hydrogen-bond acceptors (Lipinski definition) is 1. The molecule has 0 spiro atoms. The molecule has 2 heteroatoms. The number of ketones is 1. The lowest BCUT2D eigenvalue weighted by Crippen LogP contribution is -2.15. The zero-order valence-corrected chi connectivity index (χ0v) is 10.1. The molecule has 0 aromatic rings. The average molecular weight is 209 g/mol. The highest BCUT2D eigenvalue weighted by Crippen LogP contribution is 2.32. The van der Waals surface area contributed by atoms with E-state index >= 15 is 0 Å². The van der Waals surface area contributed by atoms with Crippen molar-refractivity contribution in [2.24, 2.45) is 11.8 Å². The number of allylic oxidation sites excluding steroid dienone is 2. The molecule has 1 aliphatic heterocycles. The van der Waals surface area contributed by atoms with Gasteiger partial charge in [0.1, 0.15) is 31.4 Å². The molecule has 0 N–H and O–H groups in total. The summed E-state index contributed by atoms with van der Waals surface area (Å²) in [6.45, 7) is 10.1. The van der Waals surface area contributed by atoms with Crippen LogP contribution < -0.4 is 0 Å². The third-order valence-corrected chi connectivity index (χ3v) is 4.16. The van der Waals surface area contributed by atoms with E-state index in [1.165, 1.54) is 0 Å². The minimum absolute atomic E-state index is 0.0614. The van der Waals surface area contributed by atoms with Crippen LogP contribution in [0.1, 0.15) is 20.3 Å². The van der Waals surface area contributed by atoms with Gasteiger partial charge in [-0.3, -0.25) is 4.79 Å². The molecule has 0 saturated heterocycles. The first-order valence-electron chi connectivity index (χ1n) is 4.99. The summed E-state index contributed by atoms with van der Waals surface area (Å²) in [4.78, 5) is 11.7. The molecule has 3 unspecified atom stereocenters. The van der Waals surface area contributed by atoms with Crippen LogP contribution in [0, 0.1) is 11.8 Å². The number of rotatable bonds is 5. The second kappa shape index (κ2) is 4.70. The molecule has 0 amide bonds. The molecule has 0 saturated carbocycles. The Morgan fingerprint density at radius 3 is 2.64 bits per heavy atom. The molecule has 0 aromatic heterocycles. The Labute approximate surface area is 87.3 Å². The van der Waals surface area contributed by atoms with Crippen LogP contribution in [0.5, 0.6) is 0 Å². The van der Waals surface area contributed by atoms with Gasteiger partial charge in [0.05, 0.1) is 0 Å². The molecular formula is C12H18OP+. The van der Waals surface area contributed by atoms with Crippen molar-refractivity contribution >= 4 is 19.1 Å². The first kappa shape index (κ1) is 11.4. The Hall–Kier alpha value is -0.680. The highest BCUT2D eigenvalue weighted by molar-refractivity contribution is 7.62. The quantitative estimate of drug-likeness (QED) is 0.502. The van der Waals surface area contributed by atoms with Crippen LogP contribution in [0.15, 0.2) is 24.0 Å². The predicted molar refractivity (Wildman–Crippen MR) is 65.1 cm³/mol. The smallest absolute Gasteiger partial charge is 0.170 e. The van der Waals surface area contributed by atoms with Crippen LogP contribution in [0.25, 0.3) is 0 Å². The molecule has 1 heterocycles. The Morgan fingerprint density at radius 2 is 2.21 bits per heavy atom. The molecule has 0 radical (unpaired) electrons. The molecule has 14 heavy (non-hydrogen) atoms. The van der Waals surface area contributed by atoms with Crippen LogP contribution in [0.2, 0.25) is 0 Å². The van der Waals surface area contributed by atoms with Crippen molar-refractivity contribution in [3.05, 3.63) is 24.0 Å². The largest absolute Gasteiger partial charge is 0.294 e. The first-order valence-corrected chi connectivity index (χ1v) is 6.91. The fraction of sp³-hybridized carbons (Fsp3) is 0.500. The Kier molecular flexibility index (Phi) is 3.83. The highest BCUT2D eigenvalue weighted by atomic mass is 31.1. The molecule has 0 aromatic carbocycles. The second-order valence-corrected chi connectivity index (χ2v) is 5.93. The lowest BCUT2D eigenvalue weighted by molar-refractivity contribution is -0.116. The fourth-order valence-electron chi connectivity index (χ4n) is 1.40. The standard InChI is InChI=1S/C12H18OP/c1-5-9(2)10(3)6-12(13)11-7-14(4)8-11/h5,7-10H,1,6H2,2-4H3/q+1. The minimum Gasteiger partial charge on any atom is -0.294 e. The predicted octanol–water partition coefficient (Wildman–Crippen LogP) is 3.22. The summed E-state index contributed by atoms with van der Waals surface area (Å²) in [7, 11) is -0.0614. The summed E-state index contributed by atoms with van der Waals surface area (Å²) in [6.07, 6.45) is 2.57. The fourth-order valence-corrected chi connectivity index (χ4v) is 2.54. The van der Waals surface area contributed by atoms with Crippen molar-refractivity contribution in [1.82, 2.24) is 0 Å². The van der Waals surface area contributed by atoms with E-state index in [0.717, 1.165) is 5.57 Å². The zero-order chi connectivity index (χ0) is 10.7. The van der Waals surface area contributed by atoms with E-state index in [-0.39, 0.29) is 7.55 Å². The lowest BCUT2D eigenvalue weighted by Gasteiger charge is -2.15. The highest BCUT2D eigenvalue weighted by Gasteiger charge is 2.24. The van der Waals surface area contributed by atoms with E-state index in [1.54, 1.807) is 0 Å². The SMILES string of the molecule is C=CC(C)C(C)CC(=O)C1=C[P+](C)=C1. The lowest BCUT2D eigenvalue weighted by atomic mass is 9.90. The first-order chi connectivity index (χ1) is 6.54. The van der Waals surface area contributed by atoms with E-state index in [1.807, 2.05) is 6.08 Å². The van der Waals surface area contributed by atoms with Gasteiger partial charge < -0.3 is 0 Å². The van der Waals surface area contributed by atoms with Crippen molar-refractivity contribution in [1.29, 1.82) is 0 Å². The number of carbonyl (C=O) groups excluding carboxylic acids is 1. The van der Waals surface area contributed by atoms with E-state index in [0.29, 0.717) is 24.0 Å². The summed E-state index contributed by atoms with van der Waals surface area (Å²) < 4.78 is 0. The Bertz CT molecular complexity index is 312. The number of carbonyl (C=O) groups is 1. The number of Topliss-reactive ketones (excluding diaryl/α,β-unsaturated/α-hetero) is 1. The molecule has 1 rings (SSSR count). The van der Waals surface area contributed by atoms with Crippen LogP contribution in [0.4, 0.5) is 0 Å². The maximum absolute atomic E-state index is 11.7. The summed E-state index contributed by atoms with van der Waals surface area (Å²) in [6, 6.07) is 0. The third-order valence-electron chi connectivity index (χ3n) is 2.78. The van der Waals surface area contributed by atoms with E-state index in [2.05, 4.69) is 38.7 Å². The zero-order valence-electron chi connectivity index (χ0n) is 9.16. The van der Waals surface area contributed by atoms with Crippen molar-refractivity contribution in [2.45, 2.75) is 20.3 Å². The van der Waals surface area contributed by atoms with Gasteiger partial charge in [0.15, 0.2) is 5.78 Å². The Morgan fingerprint density at radius 1 is 1.64 bits per heavy atom. The normalized spacial score (nSPS) is 21.4. The monoisotopic (exact) mass is 209 g/mol. The molecule has 3 atom stereocenters. The van der Waals surface area contributed by atoms with Gasteiger partial charge in [0.2, 0.25) is 0 Å². The van der Waals surface area contributed by atoms with Gasteiger partial charge in [-0.2, -0.15) is 0 Å². The summed E-state index contributed by atoms with van der Waals surface area (Å²) in [5.41, 5.74) is 0.946. The van der Waals surface area contributed by atoms with Crippen LogP contribution in [-0.4, -0.2) is 18.2 Å². The molecule has 1 nitrogen and oxygen atoms in total. The van der Waals surface area contributed by atoms with Crippen molar-refractivity contribution in [3.63, 3.8) is 0 Å². The average Bonchev–Trinajstić information content (AvgIpc) is 2.11. The van der Waals surface area contributed by atoms with E-state index in [9.17, 15) is 4.79 Å². The Balaban J connectivity index is 2.42. The number of hydrogen-bond donors (Lipinski definition) is 0. The maximum Gasteiger partial charge on any atom is 0.170 e. The van der Waals surface area contributed by atoms with Gasteiger partial charge >= 0.3 is 0 Å². The van der Waals surface area contributed by atoms with E-state index < -0.39 is 0 Å². The van der Waals surface area contributed by atoms with Gasteiger partial charge in [-0.1, -0.05) is 19.9 Å². The third kappa shape index (κ3) is 2.65. The molecule has 1 aliphatic rings. The minimum atomic E-state index is -0.0614. The van der Waals surface area contributed by atoms with E-state index in [4.69, 9.17) is 0 Å². The van der Waals surface area contributed by atoms with Crippen LogP contribution in [0.3, 0.4) is 0 Å². The molecular weight excluding hydrogens is 191 g/mol. The van der Waals surface area contributed by atoms with Crippen molar-refractivity contribution in [2.75, 3.05) is 6.66 Å². The second-order valence-electron chi connectivity index (χ2n) is 4.08. The molecule has 0 bridgehead atoms. The topological polar surface area (TPSA) is 17.1 Å². The van der Waals surface area contributed by atoms with Crippen LogP contribution >= 0.6 is 7.55 Å². The van der Waals surface area contributed by atoms with Gasteiger partial charge in [0.25, 0.3) is 0 Å². The van der Waals surface area contributed by atoms with Crippen molar-refractivity contribution in [3.8, 4) is 0 Å².